The fourth-order valence-corrected chi connectivity index (χ4v) is 3.81. The minimum atomic E-state index is -0.584. The van der Waals surface area contributed by atoms with E-state index in [1.54, 1.807) is 20.8 Å². The third kappa shape index (κ3) is 4.40. The molecule has 0 atom stereocenters. The van der Waals surface area contributed by atoms with E-state index in [4.69, 9.17) is 13.9 Å². The molecule has 3 aromatic rings. The Morgan fingerprint density at radius 1 is 1.06 bits per heavy atom. The second-order valence-electron chi connectivity index (χ2n) is 7.87. The Morgan fingerprint density at radius 2 is 1.77 bits per heavy atom. The van der Waals surface area contributed by atoms with E-state index in [0.717, 1.165) is 16.5 Å². The van der Waals surface area contributed by atoms with Crippen LogP contribution in [-0.4, -0.2) is 23.5 Å². The topological polar surface area (TPSA) is 98.6 Å². The summed E-state index contributed by atoms with van der Waals surface area (Å²) in [6.45, 7) is 11.4. The van der Waals surface area contributed by atoms with Crippen molar-refractivity contribution in [3.8, 4) is 0 Å². The molecule has 1 N–H and O–H groups in total. The quantitative estimate of drug-likeness (QED) is 0.454. The van der Waals surface area contributed by atoms with Gasteiger partial charge in [-0.15, -0.1) is 0 Å². The number of carbonyl (C=O) groups is 2. The molecule has 0 bridgehead atoms. The van der Waals surface area contributed by atoms with Gasteiger partial charge in [-0.05, 0) is 62.4 Å². The number of nitrogens with one attached hydrogen (secondary N) is 1. The number of hydrogen-bond donors (Lipinski definition) is 1. The van der Waals surface area contributed by atoms with E-state index in [-0.39, 0.29) is 30.4 Å². The van der Waals surface area contributed by atoms with Gasteiger partial charge in [0.05, 0.1) is 12.2 Å². The van der Waals surface area contributed by atoms with Crippen molar-refractivity contribution in [3.05, 3.63) is 67.8 Å². The normalized spacial score (nSPS) is 11.2. The van der Waals surface area contributed by atoms with Crippen LogP contribution in [0.1, 0.15) is 75.5 Å². The van der Waals surface area contributed by atoms with Crippen LogP contribution in [0, 0.1) is 20.8 Å². The first-order chi connectivity index (χ1) is 14.6. The highest BCUT2D eigenvalue weighted by atomic mass is 16.5. The summed E-state index contributed by atoms with van der Waals surface area (Å²) in [5.74, 6) is -0.817. The summed E-state index contributed by atoms with van der Waals surface area (Å²) < 4.78 is 15.9. The Morgan fingerprint density at radius 3 is 2.42 bits per heavy atom. The molecule has 0 radical (unpaired) electrons. The van der Waals surface area contributed by atoms with Gasteiger partial charge in [0, 0.05) is 22.7 Å². The highest BCUT2D eigenvalue weighted by Gasteiger charge is 2.24. The number of carbonyl (C=O) groups excluding carboxylic acids is 2. The second-order valence-corrected chi connectivity index (χ2v) is 7.87. The van der Waals surface area contributed by atoms with Crippen molar-refractivity contribution in [1.82, 2.24) is 4.98 Å². The largest absolute Gasteiger partial charge is 0.461 e. The van der Waals surface area contributed by atoms with Crippen molar-refractivity contribution < 1.29 is 23.5 Å². The average molecular weight is 425 g/mol. The van der Waals surface area contributed by atoms with E-state index in [9.17, 15) is 14.4 Å². The van der Waals surface area contributed by atoms with Crippen LogP contribution in [0.4, 0.5) is 0 Å². The highest BCUT2D eigenvalue weighted by Crippen LogP contribution is 2.27. The fourth-order valence-electron chi connectivity index (χ4n) is 3.81. The second kappa shape index (κ2) is 8.79. The number of fused-ring (bicyclic) bond motifs is 1. The van der Waals surface area contributed by atoms with Crippen LogP contribution in [0.5, 0.6) is 0 Å². The molecule has 3 rings (SSSR count). The summed E-state index contributed by atoms with van der Waals surface area (Å²) in [5.41, 5.74) is 4.18. The van der Waals surface area contributed by atoms with Crippen molar-refractivity contribution in [1.29, 1.82) is 0 Å². The molecule has 0 aliphatic heterocycles. The first kappa shape index (κ1) is 22.3. The van der Waals surface area contributed by atoms with Gasteiger partial charge in [0.15, 0.2) is 0 Å². The number of esters is 2. The molecule has 0 aliphatic rings. The molecule has 0 unspecified atom stereocenters. The Balaban J connectivity index is 1.93. The highest BCUT2D eigenvalue weighted by molar-refractivity contribution is 5.98. The van der Waals surface area contributed by atoms with Crippen LogP contribution in [0.25, 0.3) is 11.0 Å². The van der Waals surface area contributed by atoms with Crippen LogP contribution in [-0.2, 0) is 16.1 Å². The molecule has 2 aromatic heterocycles. The zero-order chi connectivity index (χ0) is 22.9. The average Bonchev–Trinajstić information content (AvgIpc) is 2.99. The lowest BCUT2D eigenvalue weighted by atomic mass is 9.95. The van der Waals surface area contributed by atoms with E-state index in [2.05, 4.69) is 18.8 Å². The zero-order valence-corrected chi connectivity index (χ0v) is 18.7. The van der Waals surface area contributed by atoms with Gasteiger partial charge in [0.25, 0.3) is 0 Å². The molecule has 0 fully saturated rings. The number of aromatic amines is 1. The minimum absolute atomic E-state index is 0.0969. The van der Waals surface area contributed by atoms with Crippen LogP contribution < -0.4 is 5.63 Å². The van der Waals surface area contributed by atoms with Gasteiger partial charge in [-0.25, -0.2) is 14.4 Å². The van der Waals surface area contributed by atoms with Gasteiger partial charge >= 0.3 is 17.6 Å². The molecule has 0 saturated heterocycles. The smallest absolute Gasteiger partial charge is 0.355 e. The minimum Gasteiger partial charge on any atom is -0.461 e. The number of hydrogen-bond acceptors (Lipinski definition) is 6. The van der Waals surface area contributed by atoms with Crippen molar-refractivity contribution in [3.63, 3.8) is 0 Å². The van der Waals surface area contributed by atoms with E-state index in [1.807, 2.05) is 19.1 Å². The molecule has 0 spiro atoms. The van der Waals surface area contributed by atoms with Gasteiger partial charge in [-0.3, -0.25) is 0 Å². The first-order valence-corrected chi connectivity index (χ1v) is 10.2. The number of aromatic nitrogens is 1. The molecule has 0 saturated carbocycles. The lowest BCUT2D eigenvalue weighted by Gasteiger charge is -2.13. The number of benzene rings is 1. The third-order valence-electron chi connectivity index (χ3n) is 5.32. The van der Waals surface area contributed by atoms with Crippen molar-refractivity contribution >= 4 is 22.9 Å². The van der Waals surface area contributed by atoms with Crippen LogP contribution in [0.2, 0.25) is 0 Å². The Kier molecular flexibility index (Phi) is 6.34. The molecule has 0 aliphatic carbocycles. The predicted octanol–water partition coefficient (Wildman–Crippen LogP) is 4.70. The van der Waals surface area contributed by atoms with E-state index < -0.39 is 17.6 Å². The summed E-state index contributed by atoms with van der Waals surface area (Å²) in [5, 5.41) is 0.733. The van der Waals surface area contributed by atoms with Crippen molar-refractivity contribution in [2.45, 2.75) is 54.1 Å². The number of aryl methyl sites for hydroxylation is 2. The number of ether oxygens (including phenoxy) is 2. The first-order valence-electron chi connectivity index (χ1n) is 10.2. The van der Waals surface area contributed by atoms with E-state index in [0.29, 0.717) is 22.4 Å². The Hall–Kier alpha value is -3.35. The molecule has 7 nitrogen and oxygen atoms in total. The maximum Gasteiger partial charge on any atom is 0.355 e. The predicted molar refractivity (Wildman–Crippen MR) is 117 cm³/mol. The number of H-pyrrole nitrogens is 1. The monoisotopic (exact) mass is 425 g/mol. The standard InChI is InChI=1S/C24H27NO6/c1-7-29-24(28)22-14(5)21(15(6)25-22)23(27)30-11-16-9-20(26)31-19-8-13(4)17(12(2)3)10-18(16)19/h8-10,12,25H,7,11H2,1-6H3. The lowest BCUT2D eigenvalue weighted by Crippen LogP contribution is -2.10. The summed E-state index contributed by atoms with van der Waals surface area (Å²) >= 11 is 0. The summed E-state index contributed by atoms with van der Waals surface area (Å²) in [4.78, 5) is 39.8. The zero-order valence-electron chi connectivity index (χ0n) is 18.7. The molecule has 1 aromatic carbocycles. The van der Waals surface area contributed by atoms with Crippen molar-refractivity contribution in [2.24, 2.45) is 0 Å². The summed E-state index contributed by atoms with van der Waals surface area (Å²) in [7, 11) is 0. The van der Waals surface area contributed by atoms with Crippen LogP contribution in [0.15, 0.2) is 27.4 Å². The third-order valence-corrected chi connectivity index (χ3v) is 5.32. The molecular formula is C24H27NO6. The molecule has 7 heteroatoms. The van der Waals surface area contributed by atoms with E-state index >= 15 is 0 Å². The van der Waals surface area contributed by atoms with Gasteiger partial charge in [-0.1, -0.05) is 13.8 Å². The SMILES string of the molecule is CCOC(=O)c1[nH]c(C)c(C(=O)OCc2cc(=O)oc3cc(C)c(C(C)C)cc23)c1C. The van der Waals surface area contributed by atoms with Gasteiger partial charge in [0.2, 0.25) is 0 Å². The number of rotatable bonds is 6. The molecule has 2 heterocycles. The van der Waals surface area contributed by atoms with Gasteiger partial charge in [0.1, 0.15) is 17.9 Å². The molecular weight excluding hydrogens is 398 g/mol. The van der Waals surface area contributed by atoms with Crippen molar-refractivity contribution in [2.75, 3.05) is 6.61 Å². The summed E-state index contributed by atoms with van der Waals surface area (Å²) in [6, 6.07) is 5.16. The molecule has 0 amide bonds. The van der Waals surface area contributed by atoms with E-state index in [1.165, 1.54) is 6.07 Å². The van der Waals surface area contributed by atoms with Gasteiger partial charge < -0.3 is 18.9 Å². The molecule has 164 valence electrons. The maximum absolute atomic E-state index is 12.8. The molecule has 31 heavy (non-hydrogen) atoms. The van der Waals surface area contributed by atoms with Crippen LogP contribution in [0.3, 0.4) is 0 Å². The fraction of sp³-hybridized carbons (Fsp3) is 0.375. The Bertz CT molecular complexity index is 1220. The maximum atomic E-state index is 12.8. The van der Waals surface area contributed by atoms with Gasteiger partial charge in [-0.2, -0.15) is 0 Å². The van der Waals surface area contributed by atoms with Crippen LogP contribution >= 0.6 is 0 Å². The summed E-state index contributed by atoms with van der Waals surface area (Å²) in [6.07, 6.45) is 0. The lowest BCUT2D eigenvalue weighted by molar-refractivity contribution is 0.0472. The Labute approximate surface area is 180 Å².